The van der Waals surface area contributed by atoms with Crippen molar-refractivity contribution in [3.05, 3.63) is 125 Å². The molecule has 2 atom stereocenters. The average molecular weight is 644 g/mol. The Morgan fingerprint density at radius 1 is 0.822 bits per heavy atom. The minimum Gasteiger partial charge on any atom is -0.429 e. The van der Waals surface area contributed by atoms with E-state index < -0.39 is 76.3 Å². The molecule has 2 unspecified atom stereocenters. The van der Waals surface area contributed by atoms with Crippen molar-refractivity contribution >= 4 is 0 Å². The number of hydrogen-bond acceptors (Lipinski definition) is 2. The quantitative estimate of drug-likeness (QED) is 0.138. The Morgan fingerprint density at radius 3 is 2.09 bits per heavy atom. The lowest BCUT2D eigenvalue weighted by Gasteiger charge is -2.22. The van der Waals surface area contributed by atoms with Crippen LogP contribution in [-0.4, -0.2) is 18.6 Å². The van der Waals surface area contributed by atoms with Gasteiger partial charge in [0.1, 0.15) is 40.4 Å². The van der Waals surface area contributed by atoms with Crippen molar-refractivity contribution in [3.8, 4) is 28.7 Å². The smallest absolute Gasteiger partial charge is 0.429 e. The first-order valence-corrected chi connectivity index (χ1v) is 12.8. The van der Waals surface area contributed by atoms with Crippen molar-refractivity contribution in [2.75, 3.05) is 0 Å². The van der Waals surface area contributed by atoms with Gasteiger partial charge in [-0.3, -0.25) is 4.74 Å². The van der Waals surface area contributed by atoms with Gasteiger partial charge in [-0.1, -0.05) is 30.0 Å². The maximum atomic E-state index is 14.9. The molecule has 0 amide bonds. The van der Waals surface area contributed by atoms with Crippen LogP contribution in [0.15, 0.2) is 84.7 Å². The standard InChI is InChI=1S/C32H19F11O2/c1-2-3-4-17-6-10-22(24(34)11-17)20-14-25(35)29(26(36)15-20)31(39,40)44-21-9-8-19(23(33)16-21)7-5-18-12-27(37)30(28(38)13-18)45-32(41,42)43/h2,6,8-16,27,30H,1,3-4H2. The highest BCUT2D eigenvalue weighted by Gasteiger charge is 2.42. The lowest BCUT2D eigenvalue weighted by atomic mass is 9.99. The fraction of sp³-hybridized carbons (Fsp3) is 0.188. The first-order valence-electron chi connectivity index (χ1n) is 12.8. The molecule has 0 bridgehead atoms. The molecule has 2 nitrogen and oxygen atoms in total. The van der Waals surface area contributed by atoms with Crippen LogP contribution in [0.25, 0.3) is 11.1 Å². The zero-order chi connectivity index (χ0) is 33.1. The number of ether oxygens (including phenoxy) is 2. The minimum absolute atomic E-state index is 0.247. The molecule has 3 aromatic rings. The molecular weight excluding hydrogens is 625 g/mol. The van der Waals surface area contributed by atoms with Crippen LogP contribution in [0, 0.1) is 35.1 Å². The summed E-state index contributed by atoms with van der Waals surface area (Å²) in [6.45, 7) is 3.56. The van der Waals surface area contributed by atoms with Gasteiger partial charge in [-0.25, -0.2) is 26.3 Å². The summed E-state index contributed by atoms with van der Waals surface area (Å²) >= 11 is 0. The Bertz CT molecular complexity index is 1710. The second kappa shape index (κ2) is 13.2. The molecule has 3 aromatic carbocycles. The SMILES string of the molecule is C=CCCc1ccc(-c2cc(F)c(C(F)(F)Oc3ccc(C#CC4=CC(F)C(OC(F)(F)F)C(F)=C4)c(F)c3)c(F)c2)c(F)c1. The Kier molecular flexibility index (Phi) is 9.77. The summed E-state index contributed by atoms with van der Waals surface area (Å²) in [5.74, 6) is -3.95. The van der Waals surface area contributed by atoms with Gasteiger partial charge in [0.2, 0.25) is 0 Å². The number of aryl methyl sites for hydroxylation is 1. The van der Waals surface area contributed by atoms with Gasteiger partial charge >= 0.3 is 12.5 Å². The summed E-state index contributed by atoms with van der Waals surface area (Å²) in [7, 11) is 0. The number of allylic oxidation sites excluding steroid dienone is 3. The third kappa shape index (κ3) is 8.13. The van der Waals surface area contributed by atoms with Crippen molar-refractivity contribution in [2.45, 2.75) is 37.6 Å². The summed E-state index contributed by atoms with van der Waals surface area (Å²) in [6.07, 6.45) is -11.6. The van der Waals surface area contributed by atoms with Gasteiger partial charge < -0.3 is 4.74 Å². The van der Waals surface area contributed by atoms with E-state index in [9.17, 15) is 48.3 Å². The lowest BCUT2D eigenvalue weighted by molar-refractivity contribution is -0.343. The van der Waals surface area contributed by atoms with Crippen LogP contribution in [-0.2, 0) is 17.3 Å². The molecular formula is C32H19F11O2. The second-order valence-electron chi connectivity index (χ2n) is 9.55. The molecule has 0 heterocycles. The van der Waals surface area contributed by atoms with E-state index in [0.29, 0.717) is 48.8 Å². The van der Waals surface area contributed by atoms with Gasteiger partial charge in [0, 0.05) is 17.2 Å². The van der Waals surface area contributed by atoms with E-state index in [-0.39, 0.29) is 11.1 Å². The molecule has 0 saturated heterocycles. The van der Waals surface area contributed by atoms with Gasteiger partial charge in [0.25, 0.3) is 0 Å². The fourth-order valence-corrected chi connectivity index (χ4v) is 4.26. The Labute approximate surface area is 249 Å². The predicted molar refractivity (Wildman–Crippen MR) is 141 cm³/mol. The number of benzene rings is 3. The van der Waals surface area contributed by atoms with Gasteiger partial charge in [0.15, 0.2) is 12.3 Å². The van der Waals surface area contributed by atoms with E-state index in [2.05, 4.69) is 27.9 Å². The molecule has 1 aliphatic rings. The van der Waals surface area contributed by atoms with Crippen LogP contribution in [0.4, 0.5) is 48.3 Å². The number of halogens is 11. The molecule has 13 heteroatoms. The molecule has 0 N–H and O–H groups in total. The monoisotopic (exact) mass is 644 g/mol. The zero-order valence-electron chi connectivity index (χ0n) is 22.6. The Balaban J connectivity index is 1.52. The van der Waals surface area contributed by atoms with Gasteiger partial charge in [-0.2, -0.15) is 8.78 Å². The third-order valence-electron chi connectivity index (χ3n) is 6.30. The van der Waals surface area contributed by atoms with Crippen LogP contribution < -0.4 is 4.74 Å². The van der Waals surface area contributed by atoms with Crippen LogP contribution in [0.3, 0.4) is 0 Å². The summed E-state index contributed by atoms with van der Waals surface area (Å²) in [4.78, 5) is 0. The number of rotatable bonds is 8. The highest BCUT2D eigenvalue weighted by molar-refractivity contribution is 5.65. The zero-order valence-corrected chi connectivity index (χ0v) is 22.6. The van der Waals surface area contributed by atoms with E-state index in [1.54, 1.807) is 6.08 Å². The van der Waals surface area contributed by atoms with E-state index in [4.69, 9.17) is 0 Å². The van der Waals surface area contributed by atoms with Crippen molar-refractivity contribution < 1.29 is 57.8 Å². The summed E-state index contributed by atoms with van der Waals surface area (Å²) < 4.78 is 161. The van der Waals surface area contributed by atoms with E-state index in [0.717, 1.165) is 18.2 Å². The molecule has 0 saturated carbocycles. The largest absolute Gasteiger partial charge is 0.523 e. The van der Waals surface area contributed by atoms with Gasteiger partial charge in [-0.15, -0.1) is 19.8 Å². The summed E-state index contributed by atoms with van der Waals surface area (Å²) in [5.41, 5.74) is -2.84. The van der Waals surface area contributed by atoms with Crippen LogP contribution >= 0.6 is 0 Å². The molecule has 0 fully saturated rings. The predicted octanol–water partition coefficient (Wildman–Crippen LogP) is 9.54. The molecule has 4 rings (SSSR count). The molecule has 0 radical (unpaired) electrons. The minimum atomic E-state index is -5.32. The topological polar surface area (TPSA) is 18.5 Å². The highest BCUT2D eigenvalue weighted by Crippen LogP contribution is 2.38. The van der Waals surface area contributed by atoms with Crippen molar-refractivity contribution in [2.24, 2.45) is 0 Å². The molecule has 0 aliphatic heterocycles. The summed E-state index contributed by atoms with van der Waals surface area (Å²) in [6, 6.07) is 6.83. The molecule has 1 aliphatic carbocycles. The average Bonchev–Trinajstić information content (AvgIpc) is 2.92. The molecule has 0 spiro atoms. The van der Waals surface area contributed by atoms with Crippen LogP contribution in [0.5, 0.6) is 5.75 Å². The molecule has 0 aromatic heterocycles. The van der Waals surface area contributed by atoms with Crippen molar-refractivity contribution in [1.82, 2.24) is 0 Å². The highest BCUT2D eigenvalue weighted by atomic mass is 19.4. The lowest BCUT2D eigenvalue weighted by Crippen LogP contribution is -2.33. The van der Waals surface area contributed by atoms with Gasteiger partial charge in [0.05, 0.1) is 5.56 Å². The maximum Gasteiger partial charge on any atom is 0.523 e. The summed E-state index contributed by atoms with van der Waals surface area (Å²) in [5, 5.41) is 0. The van der Waals surface area contributed by atoms with Gasteiger partial charge in [-0.05, 0) is 66.5 Å². The van der Waals surface area contributed by atoms with E-state index >= 15 is 0 Å². The Morgan fingerprint density at radius 2 is 1.51 bits per heavy atom. The maximum absolute atomic E-state index is 14.9. The van der Waals surface area contributed by atoms with Crippen LogP contribution in [0.2, 0.25) is 0 Å². The number of alkyl halides is 6. The van der Waals surface area contributed by atoms with E-state index in [1.807, 2.05) is 0 Å². The second-order valence-corrected chi connectivity index (χ2v) is 9.55. The van der Waals surface area contributed by atoms with Crippen LogP contribution in [0.1, 0.15) is 23.1 Å². The Hall–Kier alpha value is -4.57. The molecule has 45 heavy (non-hydrogen) atoms. The normalized spacial score (nSPS) is 16.8. The van der Waals surface area contributed by atoms with E-state index in [1.165, 1.54) is 12.1 Å². The molecule has 236 valence electrons. The van der Waals surface area contributed by atoms with Crippen molar-refractivity contribution in [3.63, 3.8) is 0 Å². The fourth-order valence-electron chi connectivity index (χ4n) is 4.26. The van der Waals surface area contributed by atoms with Crippen molar-refractivity contribution in [1.29, 1.82) is 0 Å². The number of hydrogen-bond donors (Lipinski definition) is 0. The third-order valence-corrected chi connectivity index (χ3v) is 6.30. The first kappa shape index (κ1) is 33.3. The first-order chi connectivity index (χ1) is 21.1.